The van der Waals surface area contributed by atoms with E-state index >= 15 is 0 Å². The summed E-state index contributed by atoms with van der Waals surface area (Å²) in [5, 5.41) is 12.3. The molecule has 4 nitrogen and oxygen atoms in total. The lowest BCUT2D eigenvalue weighted by molar-refractivity contribution is -0.141. The summed E-state index contributed by atoms with van der Waals surface area (Å²) < 4.78 is 5.57. The van der Waals surface area contributed by atoms with Crippen molar-refractivity contribution in [2.24, 2.45) is 5.92 Å². The highest BCUT2D eigenvalue weighted by Gasteiger charge is 2.28. The monoisotopic (exact) mass is 229 g/mol. The summed E-state index contributed by atoms with van der Waals surface area (Å²) >= 11 is 0. The molecule has 1 saturated heterocycles. The van der Waals surface area contributed by atoms with E-state index in [1.54, 1.807) is 0 Å². The topological polar surface area (TPSA) is 58.6 Å². The fraction of sp³-hybridized carbons (Fsp3) is 0.917. The fourth-order valence-corrected chi connectivity index (χ4v) is 2.12. The Balaban J connectivity index is 2.48. The first-order valence-corrected chi connectivity index (χ1v) is 6.15. The molecule has 3 atom stereocenters. The summed E-state index contributed by atoms with van der Waals surface area (Å²) in [5.74, 6) is -0.644. The largest absolute Gasteiger partial charge is 0.480 e. The van der Waals surface area contributed by atoms with E-state index in [4.69, 9.17) is 9.84 Å². The molecular formula is C12H23NO3. The molecule has 0 aromatic rings. The van der Waals surface area contributed by atoms with Crippen molar-refractivity contribution in [3.8, 4) is 0 Å². The van der Waals surface area contributed by atoms with Crippen LogP contribution in [0.3, 0.4) is 0 Å². The highest BCUT2D eigenvalue weighted by atomic mass is 16.5. The van der Waals surface area contributed by atoms with Gasteiger partial charge in [-0.1, -0.05) is 20.8 Å². The minimum Gasteiger partial charge on any atom is -0.480 e. The molecule has 1 aliphatic heterocycles. The number of ether oxygens (including phenoxy) is 1. The Morgan fingerprint density at radius 1 is 1.56 bits per heavy atom. The molecule has 0 aromatic heterocycles. The Labute approximate surface area is 97.4 Å². The maximum atomic E-state index is 11.1. The second-order valence-electron chi connectivity index (χ2n) is 4.85. The second-order valence-corrected chi connectivity index (χ2v) is 4.85. The van der Waals surface area contributed by atoms with E-state index < -0.39 is 12.0 Å². The number of aliphatic carboxylic acids is 1. The van der Waals surface area contributed by atoms with Gasteiger partial charge >= 0.3 is 5.97 Å². The van der Waals surface area contributed by atoms with Gasteiger partial charge in [-0.2, -0.15) is 0 Å². The smallest absolute Gasteiger partial charge is 0.320 e. The Hall–Kier alpha value is -0.610. The van der Waals surface area contributed by atoms with Crippen LogP contribution in [0.25, 0.3) is 0 Å². The van der Waals surface area contributed by atoms with Crippen LogP contribution in [0, 0.1) is 5.92 Å². The van der Waals surface area contributed by atoms with Gasteiger partial charge in [0, 0.05) is 12.6 Å². The lowest BCUT2D eigenvalue weighted by atomic mass is 9.97. The van der Waals surface area contributed by atoms with E-state index in [0.29, 0.717) is 0 Å². The van der Waals surface area contributed by atoms with Gasteiger partial charge in [0.05, 0.1) is 6.10 Å². The maximum absolute atomic E-state index is 11.1. The molecule has 1 aliphatic rings. The van der Waals surface area contributed by atoms with Crippen molar-refractivity contribution in [1.29, 1.82) is 0 Å². The highest BCUT2D eigenvalue weighted by Crippen LogP contribution is 2.17. The standard InChI is InChI=1S/C12H23NO3/c1-4-10-7-9(5-6-16-10)13-11(8(2)3)12(14)15/h8-11,13H,4-7H2,1-3H3,(H,14,15). The van der Waals surface area contributed by atoms with Crippen LogP contribution in [-0.4, -0.2) is 35.9 Å². The molecule has 3 unspecified atom stereocenters. The van der Waals surface area contributed by atoms with Crippen molar-refractivity contribution >= 4 is 5.97 Å². The van der Waals surface area contributed by atoms with Crippen LogP contribution in [0.4, 0.5) is 0 Å². The zero-order valence-electron chi connectivity index (χ0n) is 10.4. The fourth-order valence-electron chi connectivity index (χ4n) is 2.12. The van der Waals surface area contributed by atoms with Gasteiger partial charge in [0.25, 0.3) is 0 Å². The van der Waals surface area contributed by atoms with Crippen molar-refractivity contribution in [3.63, 3.8) is 0 Å². The Morgan fingerprint density at radius 2 is 2.25 bits per heavy atom. The molecule has 1 fully saturated rings. The summed E-state index contributed by atoms with van der Waals surface area (Å²) in [6.45, 7) is 6.70. The molecular weight excluding hydrogens is 206 g/mol. The number of carboxylic acid groups (broad SMARTS) is 1. The van der Waals surface area contributed by atoms with Gasteiger partial charge in [0.2, 0.25) is 0 Å². The van der Waals surface area contributed by atoms with Crippen LogP contribution < -0.4 is 5.32 Å². The Morgan fingerprint density at radius 3 is 2.75 bits per heavy atom. The van der Waals surface area contributed by atoms with Crippen LogP contribution >= 0.6 is 0 Å². The third-order valence-electron chi connectivity index (χ3n) is 3.17. The molecule has 0 amide bonds. The molecule has 4 heteroatoms. The average molecular weight is 229 g/mol. The second kappa shape index (κ2) is 6.21. The van der Waals surface area contributed by atoms with E-state index in [9.17, 15) is 4.79 Å². The van der Waals surface area contributed by atoms with Gasteiger partial charge in [-0.05, 0) is 25.2 Å². The van der Waals surface area contributed by atoms with Crippen molar-refractivity contribution < 1.29 is 14.6 Å². The molecule has 94 valence electrons. The van der Waals surface area contributed by atoms with Gasteiger partial charge in [0.1, 0.15) is 6.04 Å². The highest BCUT2D eigenvalue weighted by molar-refractivity contribution is 5.73. The maximum Gasteiger partial charge on any atom is 0.320 e. The minimum atomic E-state index is -0.755. The molecule has 16 heavy (non-hydrogen) atoms. The number of hydrogen-bond donors (Lipinski definition) is 2. The zero-order valence-corrected chi connectivity index (χ0v) is 10.4. The predicted octanol–water partition coefficient (Wildman–Crippen LogP) is 1.64. The van der Waals surface area contributed by atoms with Crippen LogP contribution in [0.15, 0.2) is 0 Å². The van der Waals surface area contributed by atoms with E-state index in [1.807, 2.05) is 13.8 Å². The number of nitrogens with one attached hydrogen (secondary N) is 1. The number of hydrogen-bond acceptors (Lipinski definition) is 3. The van der Waals surface area contributed by atoms with Crippen LogP contribution in [0.5, 0.6) is 0 Å². The molecule has 0 radical (unpaired) electrons. The van der Waals surface area contributed by atoms with Crippen molar-refractivity contribution in [2.45, 2.75) is 58.2 Å². The van der Waals surface area contributed by atoms with Crippen LogP contribution in [-0.2, 0) is 9.53 Å². The van der Waals surface area contributed by atoms with Gasteiger partial charge in [-0.3, -0.25) is 4.79 Å². The number of carboxylic acids is 1. The van der Waals surface area contributed by atoms with Gasteiger partial charge in [-0.15, -0.1) is 0 Å². The molecule has 0 saturated carbocycles. The molecule has 1 rings (SSSR count). The summed E-state index contributed by atoms with van der Waals surface area (Å²) in [6.07, 6.45) is 3.12. The molecule has 0 bridgehead atoms. The first-order valence-electron chi connectivity index (χ1n) is 6.15. The third-order valence-corrected chi connectivity index (χ3v) is 3.17. The number of carbonyl (C=O) groups is 1. The Kier molecular flexibility index (Phi) is 5.22. The van der Waals surface area contributed by atoms with Crippen molar-refractivity contribution in [2.75, 3.05) is 6.61 Å². The quantitative estimate of drug-likeness (QED) is 0.752. The molecule has 0 spiro atoms. The van der Waals surface area contributed by atoms with E-state index in [1.165, 1.54) is 0 Å². The van der Waals surface area contributed by atoms with E-state index in [0.717, 1.165) is 25.9 Å². The third kappa shape index (κ3) is 3.76. The van der Waals surface area contributed by atoms with Crippen molar-refractivity contribution in [3.05, 3.63) is 0 Å². The normalized spacial score (nSPS) is 28.0. The first-order chi connectivity index (χ1) is 7.54. The van der Waals surface area contributed by atoms with Crippen LogP contribution in [0.2, 0.25) is 0 Å². The SMILES string of the molecule is CCC1CC(NC(C(=O)O)C(C)C)CCO1. The predicted molar refractivity (Wildman–Crippen MR) is 62.5 cm³/mol. The molecule has 0 aliphatic carbocycles. The zero-order chi connectivity index (χ0) is 12.1. The summed E-state index contributed by atoms with van der Waals surface area (Å²) in [4.78, 5) is 11.1. The molecule has 0 aromatic carbocycles. The number of rotatable bonds is 5. The molecule has 2 N–H and O–H groups in total. The Bertz CT molecular complexity index is 230. The van der Waals surface area contributed by atoms with Crippen molar-refractivity contribution in [1.82, 2.24) is 5.32 Å². The lowest BCUT2D eigenvalue weighted by Gasteiger charge is -2.32. The first kappa shape index (κ1) is 13.5. The summed E-state index contributed by atoms with van der Waals surface area (Å²) in [7, 11) is 0. The average Bonchev–Trinajstić information content (AvgIpc) is 2.25. The van der Waals surface area contributed by atoms with Gasteiger partial charge in [-0.25, -0.2) is 0 Å². The van der Waals surface area contributed by atoms with Gasteiger partial charge in [0.15, 0.2) is 0 Å². The molecule has 1 heterocycles. The van der Waals surface area contributed by atoms with E-state index in [-0.39, 0.29) is 18.1 Å². The van der Waals surface area contributed by atoms with Crippen LogP contribution in [0.1, 0.15) is 40.0 Å². The van der Waals surface area contributed by atoms with Gasteiger partial charge < -0.3 is 15.2 Å². The summed E-state index contributed by atoms with van der Waals surface area (Å²) in [6, 6.07) is -0.164. The lowest BCUT2D eigenvalue weighted by Crippen LogP contribution is -2.49. The van der Waals surface area contributed by atoms with E-state index in [2.05, 4.69) is 12.2 Å². The summed E-state index contributed by atoms with van der Waals surface area (Å²) in [5.41, 5.74) is 0. The minimum absolute atomic E-state index is 0.112.